The molecule has 1 rings (SSSR count). The molecule has 1 aliphatic rings. The van der Waals surface area contributed by atoms with Crippen molar-refractivity contribution in [1.29, 1.82) is 0 Å². The van der Waals surface area contributed by atoms with Gasteiger partial charge >= 0.3 is 5.97 Å². The van der Waals surface area contributed by atoms with Crippen LogP contribution in [0, 0.1) is 0 Å². The molecule has 17 heavy (non-hydrogen) atoms. The lowest BCUT2D eigenvalue weighted by molar-refractivity contribution is -0.156. The molecule has 0 bridgehead atoms. The molecule has 1 aliphatic heterocycles. The van der Waals surface area contributed by atoms with E-state index in [-0.39, 0.29) is 24.7 Å². The predicted molar refractivity (Wildman–Crippen MR) is 65.4 cm³/mol. The molecular weight excluding hydrogens is 218 g/mol. The molecule has 0 unspecified atom stereocenters. The number of carbonyl (C=O) groups is 2. The molecule has 4 nitrogen and oxygen atoms in total. The molecule has 0 aromatic rings. The van der Waals surface area contributed by atoms with Gasteiger partial charge in [0.15, 0.2) is 0 Å². The molecule has 0 aromatic carbocycles. The second kappa shape index (κ2) is 5.84. The van der Waals surface area contributed by atoms with Gasteiger partial charge in [0.25, 0.3) is 0 Å². The Morgan fingerprint density at radius 1 is 1.24 bits per heavy atom. The van der Waals surface area contributed by atoms with Crippen molar-refractivity contribution in [3.8, 4) is 0 Å². The number of nitrogens with zero attached hydrogens (tertiary/aromatic N) is 1. The summed E-state index contributed by atoms with van der Waals surface area (Å²) in [6.07, 6.45) is 5.35. The fourth-order valence-electron chi connectivity index (χ4n) is 1.63. The lowest BCUT2D eigenvalue weighted by atomic mass is 10.2. The summed E-state index contributed by atoms with van der Waals surface area (Å²) in [5.74, 6) is -0.279. The average Bonchev–Trinajstić information content (AvgIpc) is 2.25. The second-order valence-electron chi connectivity index (χ2n) is 5.19. The number of rotatable bonds is 3. The topological polar surface area (TPSA) is 46.6 Å². The van der Waals surface area contributed by atoms with Crippen LogP contribution in [0.2, 0.25) is 0 Å². The van der Waals surface area contributed by atoms with Crippen LogP contribution in [0.4, 0.5) is 0 Å². The lowest BCUT2D eigenvalue weighted by Gasteiger charge is -2.24. The first-order valence-electron chi connectivity index (χ1n) is 6.03. The van der Waals surface area contributed by atoms with Crippen molar-refractivity contribution in [2.75, 3.05) is 13.1 Å². The van der Waals surface area contributed by atoms with E-state index in [0.29, 0.717) is 6.54 Å². The maximum Gasteiger partial charge on any atom is 0.306 e. The van der Waals surface area contributed by atoms with Gasteiger partial charge in [0.05, 0.1) is 6.42 Å². The van der Waals surface area contributed by atoms with Crippen LogP contribution in [-0.2, 0) is 14.3 Å². The molecule has 0 radical (unpaired) electrons. The highest BCUT2D eigenvalue weighted by atomic mass is 16.6. The van der Waals surface area contributed by atoms with Crippen LogP contribution in [0.25, 0.3) is 0 Å². The third kappa shape index (κ3) is 5.52. The van der Waals surface area contributed by atoms with Gasteiger partial charge in [-0.05, 0) is 27.2 Å². The van der Waals surface area contributed by atoms with Gasteiger partial charge in [-0.3, -0.25) is 9.59 Å². The first-order valence-corrected chi connectivity index (χ1v) is 6.03. The minimum absolute atomic E-state index is 0.0280. The summed E-state index contributed by atoms with van der Waals surface area (Å²) < 4.78 is 5.15. The van der Waals surface area contributed by atoms with E-state index in [9.17, 15) is 9.59 Å². The average molecular weight is 239 g/mol. The largest absolute Gasteiger partial charge is 0.460 e. The summed E-state index contributed by atoms with van der Waals surface area (Å²) in [5.41, 5.74) is -0.478. The van der Waals surface area contributed by atoms with Gasteiger partial charge in [-0.2, -0.15) is 0 Å². The molecule has 0 saturated carbocycles. The summed E-state index contributed by atoms with van der Waals surface area (Å²) in [6.45, 7) is 6.88. The lowest BCUT2D eigenvalue weighted by Crippen LogP contribution is -2.34. The van der Waals surface area contributed by atoms with Crippen molar-refractivity contribution in [2.45, 2.75) is 45.6 Å². The molecule has 0 N–H and O–H groups in total. The molecule has 0 saturated heterocycles. The zero-order chi connectivity index (χ0) is 12.9. The Morgan fingerprint density at radius 3 is 2.47 bits per heavy atom. The van der Waals surface area contributed by atoms with E-state index >= 15 is 0 Å². The highest BCUT2D eigenvalue weighted by Gasteiger charge is 2.19. The molecule has 4 heteroatoms. The molecule has 1 amide bonds. The first kappa shape index (κ1) is 13.7. The van der Waals surface area contributed by atoms with Gasteiger partial charge in [-0.1, -0.05) is 12.2 Å². The SMILES string of the molecule is CC(C)(C)OC(=O)CCC(=O)N1CC=CCC1. The van der Waals surface area contributed by atoms with Gasteiger partial charge in [-0.25, -0.2) is 0 Å². The Hall–Kier alpha value is -1.32. The van der Waals surface area contributed by atoms with E-state index in [0.717, 1.165) is 13.0 Å². The molecule has 1 heterocycles. The highest BCUT2D eigenvalue weighted by molar-refractivity contribution is 5.81. The first-order chi connectivity index (χ1) is 7.88. The van der Waals surface area contributed by atoms with Crippen LogP contribution in [0.3, 0.4) is 0 Å². The van der Waals surface area contributed by atoms with E-state index in [4.69, 9.17) is 4.74 Å². The summed E-state index contributed by atoms with van der Waals surface area (Å²) in [5, 5.41) is 0. The summed E-state index contributed by atoms with van der Waals surface area (Å²) in [4.78, 5) is 25.0. The van der Waals surface area contributed by atoms with E-state index in [2.05, 4.69) is 6.08 Å². The third-order valence-corrected chi connectivity index (χ3v) is 2.37. The smallest absolute Gasteiger partial charge is 0.306 e. The van der Waals surface area contributed by atoms with E-state index < -0.39 is 5.60 Å². The number of hydrogen-bond acceptors (Lipinski definition) is 3. The standard InChI is InChI=1S/C13H21NO3/c1-13(2,3)17-12(16)8-7-11(15)14-9-5-4-6-10-14/h4-5H,6-10H2,1-3H3. The van der Waals surface area contributed by atoms with E-state index in [1.165, 1.54) is 0 Å². The maximum absolute atomic E-state index is 11.8. The monoisotopic (exact) mass is 239 g/mol. The zero-order valence-corrected chi connectivity index (χ0v) is 10.9. The van der Waals surface area contributed by atoms with Crippen molar-refractivity contribution in [1.82, 2.24) is 4.90 Å². The van der Waals surface area contributed by atoms with Crippen LogP contribution in [-0.4, -0.2) is 35.5 Å². The van der Waals surface area contributed by atoms with Crippen molar-refractivity contribution < 1.29 is 14.3 Å². The summed E-state index contributed by atoms with van der Waals surface area (Å²) >= 11 is 0. The van der Waals surface area contributed by atoms with Crippen molar-refractivity contribution in [2.24, 2.45) is 0 Å². The number of amides is 1. The number of carbonyl (C=O) groups excluding carboxylic acids is 2. The second-order valence-corrected chi connectivity index (χ2v) is 5.19. The fourth-order valence-corrected chi connectivity index (χ4v) is 1.63. The van der Waals surface area contributed by atoms with Crippen LogP contribution in [0.1, 0.15) is 40.0 Å². The van der Waals surface area contributed by atoms with Gasteiger partial charge in [0.1, 0.15) is 5.60 Å². The van der Waals surface area contributed by atoms with Gasteiger partial charge in [0, 0.05) is 19.5 Å². The van der Waals surface area contributed by atoms with Gasteiger partial charge in [-0.15, -0.1) is 0 Å². The highest BCUT2D eigenvalue weighted by Crippen LogP contribution is 2.10. The molecule has 0 aliphatic carbocycles. The quantitative estimate of drug-likeness (QED) is 0.558. The summed E-state index contributed by atoms with van der Waals surface area (Å²) in [6, 6.07) is 0. The van der Waals surface area contributed by atoms with Crippen LogP contribution < -0.4 is 0 Å². The fraction of sp³-hybridized carbons (Fsp3) is 0.692. The molecule has 0 fully saturated rings. The number of ether oxygens (including phenoxy) is 1. The minimum Gasteiger partial charge on any atom is -0.460 e. The van der Waals surface area contributed by atoms with Crippen molar-refractivity contribution >= 4 is 11.9 Å². The zero-order valence-electron chi connectivity index (χ0n) is 10.9. The Balaban J connectivity index is 2.28. The molecule has 0 spiro atoms. The van der Waals surface area contributed by atoms with Crippen molar-refractivity contribution in [3.05, 3.63) is 12.2 Å². The Bertz CT molecular complexity index is 315. The molecule has 96 valence electrons. The van der Waals surface area contributed by atoms with Crippen LogP contribution in [0.15, 0.2) is 12.2 Å². The van der Waals surface area contributed by atoms with Crippen LogP contribution in [0.5, 0.6) is 0 Å². The van der Waals surface area contributed by atoms with E-state index in [1.54, 1.807) is 4.90 Å². The normalized spacial score (nSPS) is 15.8. The van der Waals surface area contributed by atoms with Gasteiger partial charge < -0.3 is 9.64 Å². The Labute approximate surface area is 103 Å². The van der Waals surface area contributed by atoms with Crippen molar-refractivity contribution in [3.63, 3.8) is 0 Å². The number of hydrogen-bond donors (Lipinski definition) is 0. The Kier molecular flexibility index (Phi) is 4.73. The predicted octanol–water partition coefficient (Wildman–Crippen LogP) is 1.90. The third-order valence-electron chi connectivity index (χ3n) is 2.37. The molecule has 0 atom stereocenters. The summed E-state index contributed by atoms with van der Waals surface area (Å²) in [7, 11) is 0. The maximum atomic E-state index is 11.8. The Morgan fingerprint density at radius 2 is 1.94 bits per heavy atom. The number of esters is 1. The molecular formula is C13H21NO3. The molecule has 0 aromatic heterocycles. The van der Waals surface area contributed by atoms with E-state index in [1.807, 2.05) is 26.8 Å². The van der Waals surface area contributed by atoms with Gasteiger partial charge in [0.2, 0.25) is 5.91 Å². The minimum atomic E-state index is -0.478. The van der Waals surface area contributed by atoms with Crippen LogP contribution >= 0.6 is 0 Å².